The molecule has 1 amide bonds. The lowest BCUT2D eigenvalue weighted by Gasteiger charge is -2.23. The lowest BCUT2D eigenvalue weighted by molar-refractivity contribution is -0.116. The molecule has 0 aromatic heterocycles. The molecule has 0 saturated carbocycles. The van der Waals surface area contributed by atoms with E-state index in [0.717, 1.165) is 11.1 Å². The maximum atomic E-state index is 12.9. The molecule has 1 atom stereocenters. The smallest absolute Gasteiger partial charge is 0.241 e. The predicted octanol–water partition coefficient (Wildman–Crippen LogP) is 2.15. The number of rotatable bonds is 6. The third-order valence-electron chi connectivity index (χ3n) is 4.33. The van der Waals surface area contributed by atoms with Crippen LogP contribution in [-0.2, 0) is 21.2 Å². The molecule has 0 fully saturated rings. The molecule has 0 aliphatic carbocycles. The number of hydrogen-bond acceptors (Lipinski definition) is 4. The number of carbonyl (C=O) groups is 1. The first-order valence-electron chi connectivity index (χ1n) is 8.50. The summed E-state index contributed by atoms with van der Waals surface area (Å²) in [5.74, 6) is -0.0404. The molecule has 138 valence electrons. The summed E-state index contributed by atoms with van der Waals surface area (Å²) in [6, 6.07) is 14.0. The summed E-state index contributed by atoms with van der Waals surface area (Å²) in [6.45, 7) is 0.546. The summed E-state index contributed by atoms with van der Waals surface area (Å²) in [7, 11) is 0.127. The van der Waals surface area contributed by atoms with Crippen LogP contribution >= 0.6 is 0 Å². The van der Waals surface area contributed by atoms with Crippen molar-refractivity contribution in [3.63, 3.8) is 0 Å². The molecule has 0 spiro atoms. The fraction of sp³-hybridized carbons (Fsp3) is 0.316. The number of nitrogens with one attached hydrogen (secondary N) is 2. The van der Waals surface area contributed by atoms with Gasteiger partial charge in [0, 0.05) is 18.7 Å². The number of aryl methyl sites for hydroxylation is 1. The molecule has 2 aromatic carbocycles. The zero-order valence-electron chi connectivity index (χ0n) is 14.9. The van der Waals surface area contributed by atoms with Gasteiger partial charge in [0.15, 0.2) is 0 Å². The summed E-state index contributed by atoms with van der Waals surface area (Å²) in [4.78, 5) is 13.6. The number of fused-ring (bicyclic) bond motifs is 1. The second kappa shape index (κ2) is 7.57. The monoisotopic (exact) mass is 373 g/mol. The van der Waals surface area contributed by atoms with Crippen molar-refractivity contribution in [1.29, 1.82) is 0 Å². The number of benzene rings is 2. The third-order valence-corrected chi connectivity index (χ3v) is 5.80. The van der Waals surface area contributed by atoms with E-state index in [4.69, 9.17) is 0 Å². The van der Waals surface area contributed by atoms with Gasteiger partial charge >= 0.3 is 0 Å². The van der Waals surface area contributed by atoms with Crippen LogP contribution in [0.2, 0.25) is 0 Å². The van der Waals surface area contributed by atoms with E-state index in [2.05, 4.69) is 10.0 Å². The van der Waals surface area contributed by atoms with E-state index in [-0.39, 0.29) is 16.8 Å². The number of likely N-dealkylation sites (N-methyl/N-ethyl adjacent to an activating group) is 1. The first-order valence-corrected chi connectivity index (χ1v) is 9.98. The number of hydrogen-bond donors (Lipinski definition) is 2. The molecule has 1 heterocycles. The first kappa shape index (κ1) is 18.6. The van der Waals surface area contributed by atoms with Gasteiger partial charge in [-0.1, -0.05) is 30.3 Å². The van der Waals surface area contributed by atoms with Gasteiger partial charge in [0.05, 0.1) is 10.9 Å². The Labute approximate surface area is 154 Å². The minimum absolute atomic E-state index is 0.0404. The van der Waals surface area contributed by atoms with Gasteiger partial charge in [-0.25, -0.2) is 13.1 Å². The highest BCUT2D eigenvalue weighted by Crippen LogP contribution is 2.26. The van der Waals surface area contributed by atoms with Crippen molar-refractivity contribution in [2.24, 2.45) is 0 Å². The second-order valence-corrected chi connectivity index (χ2v) is 8.43. The van der Waals surface area contributed by atoms with Crippen molar-refractivity contribution in [2.45, 2.75) is 23.8 Å². The molecule has 1 aliphatic rings. The zero-order chi connectivity index (χ0) is 18.7. The summed E-state index contributed by atoms with van der Waals surface area (Å²) in [5.41, 5.74) is 2.44. The summed E-state index contributed by atoms with van der Waals surface area (Å²) in [6.07, 6.45) is 0.918. The van der Waals surface area contributed by atoms with E-state index in [9.17, 15) is 13.2 Å². The normalized spacial score (nSPS) is 15.4. The van der Waals surface area contributed by atoms with Crippen LogP contribution in [0.25, 0.3) is 0 Å². The topological polar surface area (TPSA) is 78.5 Å². The summed E-state index contributed by atoms with van der Waals surface area (Å²) in [5, 5.41) is 2.77. The van der Waals surface area contributed by atoms with E-state index in [1.807, 2.05) is 49.3 Å². The van der Waals surface area contributed by atoms with Gasteiger partial charge in [0.2, 0.25) is 15.9 Å². The fourth-order valence-corrected chi connectivity index (χ4v) is 4.31. The van der Waals surface area contributed by atoms with Crippen molar-refractivity contribution in [1.82, 2.24) is 9.62 Å². The van der Waals surface area contributed by atoms with Crippen molar-refractivity contribution in [2.75, 3.05) is 26.0 Å². The van der Waals surface area contributed by atoms with Crippen LogP contribution in [0.5, 0.6) is 0 Å². The lowest BCUT2D eigenvalue weighted by Crippen LogP contribution is -2.35. The first-order chi connectivity index (χ1) is 12.3. The molecule has 7 heteroatoms. The van der Waals surface area contributed by atoms with Crippen LogP contribution < -0.4 is 10.0 Å². The zero-order valence-corrected chi connectivity index (χ0v) is 15.7. The quantitative estimate of drug-likeness (QED) is 0.813. The van der Waals surface area contributed by atoms with Gasteiger partial charge in [0.25, 0.3) is 0 Å². The summed E-state index contributed by atoms with van der Waals surface area (Å²) >= 11 is 0. The van der Waals surface area contributed by atoms with Gasteiger partial charge in [-0.2, -0.15) is 0 Å². The maximum Gasteiger partial charge on any atom is 0.241 e. The molecular weight excluding hydrogens is 350 g/mol. The average molecular weight is 373 g/mol. The Balaban J connectivity index is 1.88. The predicted molar refractivity (Wildman–Crippen MR) is 101 cm³/mol. The van der Waals surface area contributed by atoms with Gasteiger partial charge in [-0.15, -0.1) is 0 Å². The number of carbonyl (C=O) groups excluding carboxylic acids is 1. The Morgan fingerprint density at radius 2 is 1.85 bits per heavy atom. The van der Waals surface area contributed by atoms with Crippen LogP contribution in [0.4, 0.5) is 5.69 Å². The van der Waals surface area contributed by atoms with Gasteiger partial charge in [-0.05, 0) is 49.8 Å². The average Bonchev–Trinajstić information content (AvgIpc) is 2.61. The van der Waals surface area contributed by atoms with Crippen molar-refractivity contribution < 1.29 is 13.2 Å². The molecule has 26 heavy (non-hydrogen) atoms. The highest BCUT2D eigenvalue weighted by Gasteiger charge is 2.24. The van der Waals surface area contributed by atoms with E-state index in [0.29, 0.717) is 25.1 Å². The van der Waals surface area contributed by atoms with Crippen LogP contribution in [-0.4, -0.2) is 39.9 Å². The van der Waals surface area contributed by atoms with Crippen molar-refractivity contribution in [3.05, 3.63) is 59.7 Å². The van der Waals surface area contributed by atoms with Gasteiger partial charge < -0.3 is 10.2 Å². The molecule has 0 saturated heterocycles. The number of amides is 1. The minimum atomic E-state index is -3.69. The molecule has 6 nitrogen and oxygen atoms in total. The van der Waals surface area contributed by atoms with Crippen molar-refractivity contribution in [3.8, 4) is 0 Å². The molecule has 2 N–H and O–H groups in total. The largest absolute Gasteiger partial charge is 0.326 e. The molecular formula is C19H23N3O3S. The molecule has 0 bridgehead atoms. The van der Waals surface area contributed by atoms with E-state index in [1.165, 1.54) is 6.07 Å². The van der Waals surface area contributed by atoms with Crippen LogP contribution in [0, 0.1) is 0 Å². The van der Waals surface area contributed by atoms with E-state index >= 15 is 0 Å². The standard InChI is InChI=1S/C19H23N3O3S/c1-22(2)13-18(14-6-4-3-5-7-14)21-26(24,25)16-9-10-17-15(12-16)8-11-19(23)20-17/h3-7,9-10,12,18,21H,8,11,13H2,1-2H3,(H,20,23). The van der Waals surface area contributed by atoms with Crippen LogP contribution in [0.15, 0.2) is 53.4 Å². The maximum absolute atomic E-state index is 12.9. The Kier molecular flexibility index (Phi) is 5.41. The third kappa shape index (κ3) is 4.30. The second-order valence-electron chi connectivity index (χ2n) is 6.71. The van der Waals surface area contributed by atoms with Crippen LogP contribution in [0.1, 0.15) is 23.6 Å². The molecule has 1 aliphatic heterocycles. The number of nitrogens with zero attached hydrogens (tertiary/aromatic N) is 1. The highest BCUT2D eigenvalue weighted by molar-refractivity contribution is 7.89. The van der Waals surface area contributed by atoms with Gasteiger partial charge in [0.1, 0.15) is 0 Å². The highest BCUT2D eigenvalue weighted by atomic mass is 32.2. The Morgan fingerprint density at radius 3 is 2.54 bits per heavy atom. The van der Waals surface area contributed by atoms with E-state index in [1.54, 1.807) is 12.1 Å². The molecule has 3 rings (SSSR count). The van der Waals surface area contributed by atoms with Gasteiger partial charge in [-0.3, -0.25) is 4.79 Å². The summed E-state index contributed by atoms with van der Waals surface area (Å²) < 4.78 is 28.7. The van der Waals surface area contributed by atoms with E-state index < -0.39 is 10.0 Å². The fourth-order valence-electron chi connectivity index (χ4n) is 3.04. The number of sulfonamides is 1. The van der Waals surface area contributed by atoms with Crippen LogP contribution in [0.3, 0.4) is 0 Å². The molecule has 0 radical (unpaired) electrons. The Hall–Kier alpha value is -2.22. The number of anilines is 1. The Bertz CT molecular complexity index is 896. The SMILES string of the molecule is CN(C)CC(NS(=O)(=O)c1ccc2c(c1)CCC(=O)N2)c1ccccc1. The minimum Gasteiger partial charge on any atom is -0.326 e. The molecule has 1 unspecified atom stereocenters. The van der Waals surface area contributed by atoms with Crippen molar-refractivity contribution >= 4 is 21.6 Å². The lowest BCUT2D eigenvalue weighted by atomic mass is 10.0. The molecule has 2 aromatic rings. The Morgan fingerprint density at radius 1 is 1.12 bits per heavy atom.